The Hall–Kier alpha value is -3.28. The van der Waals surface area contributed by atoms with Crippen molar-refractivity contribution in [2.75, 3.05) is 13.4 Å². The molecular formula is C21H18FNO4. The molecule has 0 unspecified atom stereocenters. The number of halogens is 1. The molecule has 0 saturated carbocycles. The Balaban J connectivity index is 1.58. The third-order valence-corrected chi connectivity index (χ3v) is 4.51. The molecule has 1 aromatic heterocycles. The number of aromatic nitrogens is 1. The third-order valence-electron chi connectivity index (χ3n) is 4.51. The van der Waals surface area contributed by atoms with Gasteiger partial charge in [-0.15, -0.1) is 0 Å². The normalized spacial score (nSPS) is 12.3. The van der Waals surface area contributed by atoms with Crippen molar-refractivity contribution in [2.24, 2.45) is 0 Å². The molecule has 2 aromatic carbocycles. The summed E-state index contributed by atoms with van der Waals surface area (Å²) in [6.45, 7) is 3.87. The van der Waals surface area contributed by atoms with Gasteiger partial charge in [0.05, 0.1) is 0 Å². The summed E-state index contributed by atoms with van der Waals surface area (Å²) in [7, 11) is 0. The van der Waals surface area contributed by atoms with E-state index in [2.05, 4.69) is 0 Å². The van der Waals surface area contributed by atoms with Gasteiger partial charge in [0.1, 0.15) is 11.6 Å². The number of nitrogens with zero attached hydrogens (tertiary/aromatic N) is 1. The van der Waals surface area contributed by atoms with Crippen molar-refractivity contribution in [3.63, 3.8) is 0 Å². The SMILES string of the molecule is Cc1cc(C(=O)COc2cccc(F)c2)c(C)n1-c1ccc2c(c1)OCO2. The number of benzene rings is 2. The summed E-state index contributed by atoms with van der Waals surface area (Å²) in [4.78, 5) is 12.6. The van der Waals surface area contributed by atoms with E-state index in [9.17, 15) is 9.18 Å². The predicted molar refractivity (Wildman–Crippen MR) is 97.6 cm³/mol. The second kappa shape index (κ2) is 6.79. The van der Waals surface area contributed by atoms with Crippen molar-refractivity contribution in [3.8, 4) is 22.9 Å². The van der Waals surface area contributed by atoms with E-state index in [1.165, 1.54) is 12.1 Å². The lowest BCUT2D eigenvalue weighted by molar-refractivity contribution is 0.0920. The van der Waals surface area contributed by atoms with Gasteiger partial charge in [0.15, 0.2) is 18.1 Å². The second-order valence-corrected chi connectivity index (χ2v) is 6.33. The van der Waals surface area contributed by atoms with Gasteiger partial charge in [0.25, 0.3) is 0 Å². The summed E-state index contributed by atoms with van der Waals surface area (Å²) in [6.07, 6.45) is 0. The molecule has 27 heavy (non-hydrogen) atoms. The molecule has 2 heterocycles. The molecule has 0 bridgehead atoms. The van der Waals surface area contributed by atoms with Gasteiger partial charge in [-0.3, -0.25) is 4.79 Å². The van der Waals surface area contributed by atoms with Gasteiger partial charge in [-0.2, -0.15) is 0 Å². The molecule has 0 fully saturated rings. The van der Waals surface area contributed by atoms with Crippen LogP contribution in [0, 0.1) is 19.7 Å². The molecule has 0 saturated heterocycles. The number of Topliss-reactive ketones (excluding diaryl/α,β-unsaturated/α-hetero) is 1. The largest absolute Gasteiger partial charge is 0.485 e. The van der Waals surface area contributed by atoms with Crippen LogP contribution in [0.2, 0.25) is 0 Å². The molecule has 0 spiro atoms. The van der Waals surface area contributed by atoms with Crippen molar-refractivity contribution < 1.29 is 23.4 Å². The van der Waals surface area contributed by atoms with Crippen molar-refractivity contribution >= 4 is 5.78 Å². The number of carbonyl (C=O) groups is 1. The lowest BCUT2D eigenvalue weighted by Gasteiger charge is -2.11. The fourth-order valence-electron chi connectivity index (χ4n) is 3.25. The summed E-state index contributed by atoms with van der Waals surface area (Å²) in [5.74, 6) is 1.15. The van der Waals surface area contributed by atoms with Gasteiger partial charge in [-0.1, -0.05) is 6.07 Å². The van der Waals surface area contributed by atoms with E-state index in [0.717, 1.165) is 17.1 Å². The van der Waals surface area contributed by atoms with Crippen LogP contribution in [0.1, 0.15) is 21.7 Å². The fraction of sp³-hybridized carbons (Fsp3) is 0.190. The van der Waals surface area contributed by atoms with E-state index in [1.54, 1.807) is 12.1 Å². The monoisotopic (exact) mass is 367 g/mol. The molecule has 0 aliphatic carbocycles. The van der Waals surface area contributed by atoms with Gasteiger partial charge >= 0.3 is 0 Å². The highest BCUT2D eigenvalue weighted by Gasteiger charge is 2.19. The van der Waals surface area contributed by atoms with Gasteiger partial charge in [0.2, 0.25) is 12.6 Å². The molecule has 5 nitrogen and oxygen atoms in total. The van der Waals surface area contributed by atoms with Gasteiger partial charge < -0.3 is 18.8 Å². The zero-order valence-electron chi connectivity index (χ0n) is 15.0. The number of ether oxygens (including phenoxy) is 3. The van der Waals surface area contributed by atoms with Gasteiger partial charge in [-0.05, 0) is 44.2 Å². The van der Waals surface area contributed by atoms with Crippen LogP contribution < -0.4 is 14.2 Å². The first kappa shape index (κ1) is 17.1. The maximum atomic E-state index is 13.2. The van der Waals surface area contributed by atoms with E-state index in [-0.39, 0.29) is 19.2 Å². The first-order valence-electron chi connectivity index (χ1n) is 8.53. The van der Waals surface area contributed by atoms with Crippen molar-refractivity contribution in [2.45, 2.75) is 13.8 Å². The lowest BCUT2D eigenvalue weighted by atomic mass is 10.1. The number of ketones is 1. The minimum absolute atomic E-state index is 0.158. The molecule has 4 rings (SSSR count). The maximum absolute atomic E-state index is 13.2. The number of hydrogen-bond donors (Lipinski definition) is 0. The van der Waals surface area contributed by atoms with Gasteiger partial charge in [0, 0.05) is 34.8 Å². The van der Waals surface area contributed by atoms with Crippen LogP contribution in [0.4, 0.5) is 4.39 Å². The minimum Gasteiger partial charge on any atom is -0.485 e. The van der Waals surface area contributed by atoms with Crippen LogP contribution in [0.15, 0.2) is 48.5 Å². The quantitative estimate of drug-likeness (QED) is 0.634. The minimum atomic E-state index is -0.402. The summed E-state index contributed by atoms with van der Waals surface area (Å²) in [5, 5.41) is 0. The molecule has 0 radical (unpaired) electrons. The number of aryl methyl sites for hydroxylation is 1. The van der Waals surface area contributed by atoms with E-state index in [4.69, 9.17) is 14.2 Å². The smallest absolute Gasteiger partial charge is 0.231 e. The number of fused-ring (bicyclic) bond motifs is 1. The fourth-order valence-corrected chi connectivity index (χ4v) is 3.25. The van der Waals surface area contributed by atoms with E-state index in [1.807, 2.05) is 42.7 Å². The van der Waals surface area contributed by atoms with Crippen molar-refractivity contribution in [1.29, 1.82) is 0 Å². The zero-order chi connectivity index (χ0) is 19.0. The predicted octanol–water partition coefficient (Wildman–Crippen LogP) is 4.22. The van der Waals surface area contributed by atoms with Crippen LogP contribution in [0.3, 0.4) is 0 Å². The Bertz CT molecular complexity index is 1030. The van der Waals surface area contributed by atoms with E-state index >= 15 is 0 Å². The number of carbonyl (C=O) groups excluding carboxylic acids is 1. The van der Waals surface area contributed by atoms with E-state index < -0.39 is 5.82 Å². The zero-order valence-corrected chi connectivity index (χ0v) is 15.0. The Morgan fingerprint density at radius 1 is 1.11 bits per heavy atom. The van der Waals surface area contributed by atoms with Crippen LogP contribution in [0.5, 0.6) is 17.2 Å². The second-order valence-electron chi connectivity index (χ2n) is 6.33. The molecule has 1 aliphatic rings. The first-order valence-corrected chi connectivity index (χ1v) is 8.53. The first-order chi connectivity index (χ1) is 13.0. The summed E-state index contributed by atoms with van der Waals surface area (Å²) in [5.41, 5.74) is 3.18. The Labute approximate surface area is 155 Å². The van der Waals surface area contributed by atoms with Crippen LogP contribution in [0.25, 0.3) is 5.69 Å². The highest BCUT2D eigenvalue weighted by molar-refractivity contribution is 5.98. The van der Waals surface area contributed by atoms with Gasteiger partial charge in [-0.25, -0.2) is 4.39 Å². The van der Waals surface area contributed by atoms with Crippen LogP contribution in [-0.2, 0) is 0 Å². The summed E-state index contributed by atoms with van der Waals surface area (Å²) >= 11 is 0. The Morgan fingerprint density at radius 2 is 1.93 bits per heavy atom. The highest BCUT2D eigenvalue weighted by Crippen LogP contribution is 2.35. The Kier molecular flexibility index (Phi) is 4.32. The number of rotatable bonds is 5. The van der Waals surface area contributed by atoms with Crippen LogP contribution >= 0.6 is 0 Å². The topological polar surface area (TPSA) is 49.7 Å². The van der Waals surface area contributed by atoms with Crippen molar-refractivity contribution in [1.82, 2.24) is 4.57 Å². The molecule has 1 aliphatic heterocycles. The molecule has 0 amide bonds. The molecular weight excluding hydrogens is 349 g/mol. The summed E-state index contributed by atoms with van der Waals surface area (Å²) in [6, 6.07) is 13.2. The number of hydrogen-bond acceptors (Lipinski definition) is 4. The van der Waals surface area contributed by atoms with E-state index in [0.29, 0.717) is 22.8 Å². The molecule has 6 heteroatoms. The average Bonchev–Trinajstić information content (AvgIpc) is 3.23. The summed E-state index contributed by atoms with van der Waals surface area (Å²) < 4.78 is 31.4. The molecule has 138 valence electrons. The standard InChI is InChI=1S/C21H18FNO4/c1-13-8-18(19(24)11-25-17-5-3-4-15(22)9-17)14(2)23(13)16-6-7-20-21(10-16)27-12-26-20/h3-10H,11-12H2,1-2H3. The molecule has 3 aromatic rings. The molecule has 0 N–H and O–H groups in total. The maximum Gasteiger partial charge on any atom is 0.231 e. The van der Waals surface area contributed by atoms with Crippen LogP contribution in [-0.4, -0.2) is 23.8 Å². The van der Waals surface area contributed by atoms with Crippen molar-refractivity contribution in [3.05, 3.63) is 71.3 Å². The highest BCUT2D eigenvalue weighted by atomic mass is 19.1. The Morgan fingerprint density at radius 3 is 2.74 bits per heavy atom. The molecule has 0 atom stereocenters. The third kappa shape index (κ3) is 3.26. The lowest BCUT2D eigenvalue weighted by Crippen LogP contribution is -2.12. The average molecular weight is 367 g/mol.